The summed E-state index contributed by atoms with van der Waals surface area (Å²) < 4.78 is 16.3. The molecule has 2 atom stereocenters. The molecule has 0 radical (unpaired) electrons. The normalized spacial score (nSPS) is 22.3. The van der Waals surface area contributed by atoms with Crippen LogP contribution in [0, 0.1) is 45.3 Å². The van der Waals surface area contributed by atoms with Crippen LogP contribution in [0.2, 0.25) is 0 Å². The molecule has 0 aliphatic heterocycles. The second-order valence-electron chi connectivity index (χ2n) is 7.07. The second kappa shape index (κ2) is 7.78. The molecule has 0 aromatic heterocycles. The highest BCUT2D eigenvalue weighted by atomic mass is 16.5. The molecular weight excluding hydrogens is 368 g/mol. The molecule has 29 heavy (non-hydrogen) atoms. The van der Waals surface area contributed by atoms with Crippen LogP contribution in [-0.2, 0) is 0 Å². The number of nitrogens with zero attached hydrogens (tertiary/aromatic N) is 3. The van der Waals surface area contributed by atoms with Crippen molar-refractivity contribution >= 4 is 0 Å². The molecule has 7 heteroatoms. The van der Waals surface area contributed by atoms with Crippen molar-refractivity contribution in [3.05, 3.63) is 40.6 Å². The third kappa shape index (κ3) is 2.85. The second-order valence-corrected chi connectivity index (χ2v) is 7.07. The highest BCUT2D eigenvalue weighted by Gasteiger charge is 2.54. The van der Waals surface area contributed by atoms with Gasteiger partial charge in [0.25, 0.3) is 0 Å². The van der Waals surface area contributed by atoms with Gasteiger partial charge in [0.05, 0.1) is 44.7 Å². The van der Waals surface area contributed by atoms with Gasteiger partial charge in [-0.25, -0.2) is 0 Å². The summed E-state index contributed by atoms with van der Waals surface area (Å²) in [5.41, 5.74) is 6.39. The number of allylic oxidation sites excluding steroid dienone is 4. The van der Waals surface area contributed by atoms with E-state index in [9.17, 15) is 15.8 Å². The SMILES string of the molecule is COc1cc([C@@H]2[C@@H]3CCCC=C3C(C#N)=C(N)C2(C#N)C#N)cc(OC)c1OC. The summed E-state index contributed by atoms with van der Waals surface area (Å²) in [5, 5.41) is 29.9. The number of methoxy groups -OCH3 is 3. The molecule has 0 bridgehead atoms. The Labute approximate surface area is 170 Å². The van der Waals surface area contributed by atoms with Crippen LogP contribution in [0.1, 0.15) is 30.7 Å². The Morgan fingerprint density at radius 1 is 1.03 bits per heavy atom. The Bertz CT molecular complexity index is 981. The van der Waals surface area contributed by atoms with Crippen molar-refractivity contribution in [2.75, 3.05) is 21.3 Å². The summed E-state index contributed by atoms with van der Waals surface area (Å²) >= 11 is 0. The van der Waals surface area contributed by atoms with E-state index in [2.05, 4.69) is 18.2 Å². The van der Waals surface area contributed by atoms with Gasteiger partial charge in [-0.15, -0.1) is 0 Å². The van der Waals surface area contributed by atoms with E-state index in [1.807, 2.05) is 6.08 Å². The fraction of sp³-hybridized carbons (Fsp3) is 0.409. The molecule has 0 saturated heterocycles. The van der Waals surface area contributed by atoms with Gasteiger partial charge in [0.2, 0.25) is 5.75 Å². The largest absolute Gasteiger partial charge is 0.493 e. The maximum absolute atomic E-state index is 10.1. The molecule has 2 aliphatic rings. The molecule has 0 unspecified atom stereocenters. The predicted octanol–water partition coefficient (Wildman–Crippen LogP) is 3.31. The summed E-state index contributed by atoms with van der Waals surface area (Å²) in [6.07, 6.45) is 4.49. The van der Waals surface area contributed by atoms with Crippen LogP contribution in [0.5, 0.6) is 17.2 Å². The molecule has 148 valence electrons. The van der Waals surface area contributed by atoms with Crippen molar-refractivity contribution in [3.8, 4) is 35.5 Å². The lowest BCUT2D eigenvalue weighted by Crippen LogP contribution is -2.42. The summed E-state index contributed by atoms with van der Waals surface area (Å²) in [4.78, 5) is 0. The van der Waals surface area contributed by atoms with Crippen molar-refractivity contribution in [2.45, 2.75) is 25.2 Å². The van der Waals surface area contributed by atoms with Crippen LogP contribution in [0.3, 0.4) is 0 Å². The first kappa shape index (κ1) is 20.1. The fourth-order valence-corrected chi connectivity index (χ4v) is 4.53. The van der Waals surface area contributed by atoms with Crippen LogP contribution in [0.4, 0.5) is 0 Å². The maximum Gasteiger partial charge on any atom is 0.203 e. The molecule has 0 spiro atoms. The van der Waals surface area contributed by atoms with E-state index in [1.165, 1.54) is 21.3 Å². The predicted molar refractivity (Wildman–Crippen MR) is 105 cm³/mol. The number of fused-ring (bicyclic) bond motifs is 1. The Morgan fingerprint density at radius 2 is 1.66 bits per heavy atom. The average molecular weight is 390 g/mol. The number of benzene rings is 1. The molecule has 0 saturated carbocycles. The van der Waals surface area contributed by atoms with Crippen molar-refractivity contribution in [1.82, 2.24) is 0 Å². The van der Waals surface area contributed by atoms with Gasteiger partial charge in [-0.1, -0.05) is 6.08 Å². The van der Waals surface area contributed by atoms with E-state index in [0.29, 0.717) is 22.8 Å². The number of hydrogen-bond acceptors (Lipinski definition) is 7. The van der Waals surface area contributed by atoms with E-state index in [1.54, 1.807) is 12.1 Å². The van der Waals surface area contributed by atoms with Crippen LogP contribution in [0.15, 0.2) is 35.1 Å². The van der Waals surface area contributed by atoms with Crippen LogP contribution in [-0.4, -0.2) is 21.3 Å². The molecule has 0 heterocycles. The lowest BCUT2D eigenvalue weighted by Gasteiger charge is -2.43. The zero-order valence-corrected chi connectivity index (χ0v) is 16.7. The first-order valence-electron chi connectivity index (χ1n) is 9.26. The minimum atomic E-state index is -1.67. The van der Waals surface area contributed by atoms with Crippen molar-refractivity contribution in [1.29, 1.82) is 15.8 Å². The highest BCUT2D eigenvalue weighted by Crippen LogP contribution is 2.57. The van der Waals surface area contributed by atoms with Gasteiger partial charge in [0.1, 0.15) is 6.07 Å². The minimum Gasteiger partial charge on any atom is -0.493 e. The molecular formula is C22H22N4O3. The van der Waals surface area contributed by atoms with E-state index in [-0.39, 0.29) is 17.2 Å². The Balaban J connectivity index is 2.36. The highest BCUT2D eigenvalue weighted by molar-refractivity contribution is 5.62. The van der Waals surface area contributed by atoms with Gasteiger partial charge >= 0.3 is 0 Å². The molecule has 3 rings (SSSR count). The molecule has 2 N–H and O–H groups in total. The maximum atomic E-state index is 10.1. The van der Waals surface area contributed by atoms with Gasteiger partial charge in [-0.05, 0) is 48.4 Å². The van der Waals surface area contributed by atoms with E-state index in [4.69, 9.17) is 19.9 Å². The van der Waals surface area contributed by atoms with Gasteiger partial charge in [0.15, 0.2) is 16.9 Å². The Kier molecular flexibility index (Phi) is 5.39. The molecule has 2 aliphatic carbocycles. The van der Waals surface area contributed by atoms with Crippen molar-refractivity contribution in [3.63, 3.8) is 0 Å². The zero-order valence-electron chi connectivity index (χ0n) is 16.7. The Morgan fingerprint density at radius 3 is 2.14 bits per heavy atom. The van der Waals surface area contributed by atoms with E-state index < -0.39 is 11.3 Å². The standard InChI is InChI=1S/C22H22N4O3/c1-27-17-8-13(9-18(28-2)20(17)29-3)19-15-7-5-4-6-14(15)16(10-23)21(26)22(19,11-24)12-25/h6,8-9,15,19H,4-5,7,26H2,1-3H3/t15-,19-/m1/s1. The number of ether oxygens (including phenoxy) is 3. The topological polar surface area (TPSA) is 125 Å². The fourth-order valence-electron chi connectivity index (χ4n) is 4.53. The monoisotopic (exact) mass is 390 g/mol. The molecule has 1 aromatic rings. The summed E-state index contributed by atoms with van der Waals surface area (Å²) in [6, 6.07) is 9.90. The molecule has 1 aromatic carbocycles. The van der Waals surface area contributed by atoms with Crippen molar-refractivity contribution in [2.24, 2.45) is 17.1 Å². The first-order chi connectivity index (χ1) is 14.0. The molecule has 7 nitrogen and oxygen atoms in total. The zero-order chi connectivity index (χ0) is 21.2. The van der Waals surface area contributed by atoms with Crippen LogP contribution in [0.25, 0.3) is 0 Å². The molecule has 0 amide bonds. The third-order valence-electron chi connectivity index (χ3n) is 5.85. The number of nitriles is 3. The Hall–Kier alpha value is -3.63. The summed E-state index contributed by atoms with van der Waals surface area (Å²) in [6.45, 7) is 0. The number of hydrogen-bond donors (Lipinski definition) is 1. The van der Waals surface area contributed by atoms with Crippen LogP contribution < -0.4 is 19.9 Å². The van der Waals surface area contributed by atoms with Gasteiger partial charge in [0, 0.05) is 5.92 Å². The smallest absolute Gasteiger partial charge is 0.203 e. The van der Waals surface area contributed by atoms with E-state index >= 15 is 0 Å². The number of nitrogens with two attached hydrogens (primary N) is 1. The van der Waals surface area contributed by atoms with Gasteiger partial charge < -0.3 is 19.9 Å². The third-order valence-corrected chi connectivity index (χ3v) is 5.85. The molecule has 0 fully saturated rings. The van der Waals surface area contributed by atoms with E-state index in [0.717, 1.165) is 24.8 Å². The lowest BCUT2D eigenvalue weighted by molar-refractivity contribution is 0.305. The summed E-state index contributed by atoms with van der Waals surface area (Å²) in [7, 11) is 4.53. The average Bonchev–Trinajstić information content (AvgIpc) is 2.77. The quantitative estimate of drug-likeness (QED) is 0.836. The van der Waals surface area contributed by atoms with Crippen molar-refractivity contribution < 1.29 is 14.2 Å². The number of rotatable bonds is 4. The minimum absolute atomic E-state index is 0.00755. The van der Waals surface area contributed by atoms with Crippen LogP contribution >= 0.6 is 0 Å². The lowest BCUT2D eigenvalue weighted by atomic mass is 9.56. The van der Waals surface area contributed by atoms with Gasteiger partial charge in [-0.3, -0.25) is 0 Å². The van der Waals surface area contributed by atoms with Gasteiger partial charge in [-0.2, -0.15) is 15.8 Å². The first-order valence-corrected chi connectivity index (χ1v) is 9.26. The summed E-state index contributed by atoms with van der Waals surface area (Å²) in [5.74, 6) is 0.528.